The maximum Gasteiger partial charge on any atom is 0.222 e. The molecular formula is C14H24N4. The summed E-state index contributed by atoms with van der Waals surface area (Å²) in [5, 5.41) is 3.41. The van der Waals surface area contributed by atoms with Crippen molar-refractivity contribution in [3.05, 3.63) is 18.5 Å². The number of rotatable bonds is 5. The summed E-state index contributed by atoms with van der Waals surface area (Å²) in [5.41, 5.74) is 0.284. The Kier molecular flexibility index (Phi) is 4.53. The molecule has 18 heavy (non-hydrogen) atoms. The molecule has 0 amide bonds. The van der Waals surface area contributed by atoms with Crippen molar-refractivity contribution < 1.29 is 0 Å². The fraction of sp³-hybridized carbons (Fsp3) is 0.714. The molecule has 0 unspecified atom stereocenters. The SMILES string of the molecule is CCN(C)C1(CNc2ncccn2)CCCCC1. The molecule has 0 radical (unpaired) electrons. The lowest BCUT2D eigenvalue weighted by atomic mass is 9.80. The molecule has 0 aliphatic heterocycles. The van der Waals surface area contributed by atoms with Gasteiger partial charge in [-0.1, -0.05) is 26.2 Å². The lowest BCUT2D eigenvalue weighted by Gasteiger charge is -2.44. The Morgan fingerprint density at radius 2 is 1.89 bits per heavy atom. The number of aromatic nitrogens is 2. The smallest absolute Gasteiger partial charge is 0.222 e. The third kappa shape index (κ3) is 2.99. The van der Waals surface area contributed by atoms with Crippen LogP contribution in [0.15, 0.2) is 18.5 Å². The Hall–Kier alpha value is -1.16. The van der Waals surface area contributed by atoms with Gasteiger partial charge < -0.3 is 5.32 Å². The largest absolute Gasteiger partial charge is 0.352 e. The van der Waals surface area contributed by atoms with Gasteiger partial charge in [-0.25, -0.2) is 9.97 Å². The molecule has 0 saturated heterocycles. The van der Waals surface area contributed by atoms with Crippen LogP contribution in [-0.2, 0) is 0 Å². The van der Waals surface area contributed by atoms with Gasteiger partial charge in [0.1, 0.15) is 0 Å². The van der Waals surface area contributed by atoms with Crippen LogP contribution in [0.25, 0.3) is 0 Å². The average Bonchev–Trinajstić information content (AvgIpc) is 2.46. The Balaban J connectivity index is 2.01. The van der Waals surface area contributed by atoms with Gasteiger partial charge in [-0.15, -0.1) is 0 Å². The second-order valence-corrected chi connectivity index (χ2v) is 5.23. The zero-order chi connectivity index (χ0) is 12.8. The van der Waals surface area contributed by atoms with Gasteiger partial charge in [0.15, 0.2) is 0 Å². The Labute approximate surface area is 110 Å². The van der Waals surface area contributed by atoms with E-state index in [2.05, 4.69) is 34.2 Å². The normalized spacial score (nSPS) is 18.8. The molecule has 1 aliphatic carbocycles. The highest BCUT2D eigenvalue weighted by molar-refractivity contribution is 5.23. The molecule has 1 aliphatic rings. The number of likely N-dealkylation sites (N-methyl/N-ethyl adjacent to an activating group) is 1. The first-order valence-electron chi connectivity index (χ1n) is 6.99. The third-order valence-electron chi connectivity index (χ3n) is 4.21. The van der Waals surface area contributed by atoms with Gasteiger partial charge in [-0.2, -0.15) is 0 Å². The first-order chi connectivity index (χ1) is 8.77. The highest BCUT2D eigenvalue weighted by Gasteiger charge is 2.35. The van der Waals surface area contributed by atoms with Gasteiger partial charge in [-0.3, -0.25) is 4.90 Å². The van der Waals surface area contributed by atoms with Gasteiger partial charge in [0.2, 0.25) is 5.95 Å². The monoisotopic (exact) mass is 248 g/mol. The molecule has 1 N–H and O–H groups in total. The molecule has 4 nitrogen and oxygen atoms in total. The maximum atomic E-state index is 4.24. The molecule has 1 fully saturated rings. The van der Waals surface area contributed by atoms with Crippen molar-refractivity contribution in [2.75, 3.05) is 25.5 Å². The molecule has 1 aromatic rings. The van der Waals surface area contributed by atoms with Crippen molar-refractivity contribution in [2.45, 2.75) is 44.6 Å². The molecule has 1 aromatic heterocycles. The predicted molar refractivity (Wildman–Crippen MR) is 74.6 cm³/mol. The lowest BCUT2D eigenvalue weighted by molar-refractivity contribution is 0.0921. The number of nitrogens with one attached hydrogen (secondary N) is 1. The summed E-state index contributed by atoms with van der Waals surface area (Å²) < 4.78 is 0. The summed E-state index contributed by atoms with van der Waals surface area (Å²) in [6, 6.07) is 1.85. The van der Waals surface area contributed by atoms with Gasteiger partial charge in [0.25, 0.3) is 0 Å². The fourth-order valence-corrected chi connectivity index (χ4v) is 2.87. The van der Waals surface area contributed by atoms with Crippen LogP contribution in [0.3, 0.4) is 0 Å². The molecule has 0 aromatic carbocycles. The summed E-state index contributed by atoms with van der Waals surface area (Å²) in [6.45, 7) is 4.27. The standard InChI is InChI=1S/C14H24N4/c1-3-18(2)14(8-5-4-6-9-14)12-17-13-15-10-7-11-16-13/h7,10-11H,3-6,8-9,12H2,1-2H3,(H,15,16,17). The van der Waals surface area contributed by atoms with Crippen molar-refractivity contribution in [2.24, 2.45) is 0 Å². The van der Waals surface area contributed by atoms with Crippen molar-refractivity contribution in [1.82, 2.24) is 14.9 Å². The Bertz CT molecular complexity index is 346. The highest BCUT2D eigenvalue weighted by Crippen LogP contribution is 2.32. The lowest BCUT2D eigenvalue weighted by Crippen LogP contribution is -2.52. The molecule has 0 bridgehead atoms. The van der Waals surface area contributed by atoms with E-state index in [4.69, 9.17) is 0 Å². The van der Waals surface area contributed by atoms with Crippen molar-refractivity contribution in [1.29, 1.82) is 0 Å². The molecule has 1 heterocycles. The summed E-state index contributed by atoms with van der Waals surface area (Å²) >= 11 is 0. The quantitative estimate of drug-likeness (QED) is 0.869. The van der Waals surface area contributed by atoms with E-state index in [1.165, 1.54) is 32.1 Å². The average molecular weight is 248 g/mol. The molecule has 4 heteroatoms. The van der Waals surface area contributed by atoms with E-state index in [1.54, 1.807) is 12.4 Å². The summed E-state index contributed by atoms with van der Waals surface area (Å²) in [6.07, 6.45) is 10.2. The van der Waals surface area contributed by atoms with Crippen molar-refractivity contribution in [3.8, 4) is 0 Å². The van der Waals surface area contributed by atoms with Crippen LogP contribution in [0.2, 0.25) is 0 Å². The van der Waals surface area contributed by atoms with E-state index in [1.807, 2.05) is 6.07 Å². The first kappa shape index (κ1) is 13.3. The minimum atomic E-state index is 0.284. The summed E-state index contributed by atoms with van der Waals surface area (Å²) in [7, 11) is 2.23. The Morgan fingerprint density at radius 3 is 2.50 bits per heavy atom. The second-order valence-electron chi connectivity index (χ2n) is 5.23. The van der Waals surface area contributed by atoms with Crippen LogP contribution >= 0.6 is 0 Å². The van der Waals surface area contributed by atoms with Gasteiger partial charge >= 0.3 is 0 Å². The van der Waals surface area contributed by atoms with Gasteiger partial charge in [0.05, 0.1) is 0 Å². The molecule has 1 saturated carbocycles. The van der Waals surface area contributed by atoms with Crippen LogP contribution in [0.4, 0.5) is 5.95 Å². The summed E-state index contributed by atoms with van der Waals surface area (Å²) in [5.74, 6) is 0.743. The van der Waals surface area contributed by atoms with Crippen molar-refractivity contribution in [3.63, 3.8) is 0 Å². The van der Waals surface area contributed by atoms with Crippen LogP contribution in [0, 0.1) is 0 Å². The molecule has 0 spiro atoms. The van der Waals surface area contributed by atoms with E-state index >= 15 is 0 Å². The van der Waals surface area contributed by atoms with Gasteiger partial charge in [-0.05, 0) is 32.5 Å². The van der Waals surface area contributed by atoms with Crippen LogP contribution in [-0.4, -0.2) is 40.5 Å². The zero-order valence-electron chi connectivity index (χ0n) is 11.5. The number of hydrogen-bond donors (Lipinski definition) is 1. The van der Waals surface area contributed by atoms with E-state index in [0.717, 1.165) is 19.0 Å². The molecule has 100 valence electrons. The van der Waals surface area contributed by atoms with E-state index in [0.29, 0.717) is 0 Å². The van der Waals surface area contributed by atoms with Crippen molar-refractivity contribution >= 4 is 5.95 Å². The van der Waals surface area contributed by atoms with Crippen LogP contribution < -0.4 is 5.32 Å². The van der Waals surface area contributed by atoms with Gasteiger partial charge in [0, 0.05) is 24.5 Å². The molecule has 0 atom stereocenters. The van der Waals surface area contributed by atoms with Crippen LogP contribution in [0.5, 0.6) is 0 Å². The predicted octanol–water partition coefficient (Wildman–Crippen LogP) is 2.54. The minimum Gasteiger partial charge on any atom is -0.352 e. The Morgan fingerprint density at radius 1 is 1.22 bits per heavy atom. The number of nitrogens with zero attached hydrogens (tertiary/aromatic N) is 3. The maximum absolute atomic E-state index is 4.24. The molecular weight excluding hydrogens is 224 g/mol. The molecule has 2 rings (SSSR count). The zero-order valence-corrected chi connectivity index (χ0v) is 11.5. The highest BCUT2D eigenvalue weighted by atomic mass is 15.2. The fourth-order valence-electron chi connectivity index (χ4n) is 2.87. The summed E-state index contributed by atoms with van der Waals surface area (Å²) in [4.78, 5) is 11.0. The minimum absolute atomic E-state index is 0.284. The topological polar surface area (TPSA) is 41.0 Å². The van der Waals surface area contributed by atoms with E-state index < -0.39 is 0 Å². The van der Waals surface area contributed by atoms with E-state index in [-0.39, 0.29) is 5.54 Å². The number of anilines is 1. The van der Waals surface area contributed by atoms with Crippen LogP contribution in [0.1, 0.15) is 39.0 Å². The first-order valence-corrected chi connectivity index (χ1v) is 6.99. The van der Waals surface area contributed by atoms with E-state index in [9.17, 15) is 0 Å². The third-order valence-corrected chi connectivity index (χ3v) is 4.21. The number of hydrogen-bond acceptors (Lipinski definition) is 4. The second kappa shape index (κ2) is 6.14.